The van der Waals surface area contributed by atoms with Crippen LogP contribution < -0.4 is 37.2 Å². The maximum atomic E-state index is 6.60. The van der Waals surface area contributed by atoms with Crippen LogP contribution in [-0.2, 0) is 49.9 Å². The Morgan fingerprint density at radius 1 is 0.254 bits per heavy atom. The Kier molecular flexibility index (Phi) is 24.3. The van der Waals surface area contributed by atoms with Gasteiger partial charge < -0.3 is 18.9 Å². The lowest BCUT2D eigenvalue weighted by Gasteiger charge is -2.43. The Balaban J connectivity index is 0.000000143. The summed E-state index contributed by atoms with van der Waals surface area (Å²) >= 11 is 0. The SMILES string of the molecule is C.C.C.C.Cc1ccc(-c2ccc3c(c2)OC(C)(C)C32CC2)cc1-c1cccc[n+]1C.Cc1ccc(-c2ccc3c(c2)OC(C)(C)C32CCCC2)cc1-c1cccc[n+]1C.Cc1ccc(-c2ccc3c(c2)OC(C)(C)C32CCCCC2)cc1-c1cccc[n+]1C.Cc1ccc(-c2ccc3c(c2)OC(C)(C)CC3(C)C)cc1-c1cccc[n+]1C. The molecule has 12 aromatic rings. The number of hydrogen-bond donors (Lipinski definition) is 0. The maximum absolute atomic E-state index is 6.60. The van der Waals surface area contributed by atoms with Crippen LogP contribution in [0.15, 0.2) is 243 Å². The molecule has 0 N–H and O–H groups in total. The molecule has 0 saturated heterocycles. The van der Waals surface area contributed by atoms with Crippen molar-refractivity contribution in [2.45, 2.75) is 248 Å². The molecule has 0 radical (unpaired) electrons. The van der Waals surface area contributed by atoms with E-state index in [0.717, 1.165) is 29.4 Å². The number of ether oxygens (including phenoxy) is 4. The molecule has 3 spiro atoms. The molecule has 4 aliphatic heterocycles. The monoisotopic (exact) mass is 1580 g/mol. The quantitative estimate of drug-likeness (QED) is 0.142. The first-order valence-corrected chi connectivity index (χ1v) is 42.0. The van der Waals surface area contributed by atoms with Crippen molar-refractivity contribution in [1.29, 1.82) is 0 Å². The molecule has 7 aliphatic rings. The molecular weight excluding hydrogens is 1440 g/mol. The third-order valence-corrected chi connectivity index (χ3v) is 27.5. The highest BCUT2D eigenvalue weighted by molar-refractivity contribution is 5.79. The fourth-order valence-corrected chi connectivity index (χ4v) is 20.9. The largest absolute Gasteiger partial charge is 0.488 e. The number of aryl methyl sites for hydroxylation is 8. The zero-order valence-corrected chi connectivity index (χ0v) is 71.0. The van der Waals surface area contributed by atoms with Crippen LogP contribution in [0.25, 0.3) is 89.5 Å². The van der Waals surface area contributed by atoms with Crippen molar-refractivity contribution in [3.63, 3.8) is 0 Å². The third-order valence-electron chi connectivity index (χ3n) is 27.5. The molecule has 0 unspecified atom stereocenters. The van der Waals surface area contributed by atoms with Crippen LogP contribution in [0.5, 0.6) is 23.0 Å². The van der Waals surface area contributed by atoms with Gasteiger partial charge in [-0.05, 0) is 279 Å². The standard InChI is InChI=1S/C28H32NO.C27H30NO.C26H30NO.C25H26NO.4CH4/c1-20-11-12-21(18-23(20)25-10-6-9-17-29(25)4)22-13-14-24-26(19-22)30-27(2,3)28(24)15-7-5-8-16-28;1-19-10-11-20(17-22(19)24-9-5-8-16-28(24)4)21-12-13-23-25(18-21)29-26(2,3)27(23)14-6-7-15-27;1-18-10-11-19(15-21(18)23-9-7-8-14-27(23)6)20-12-13-22-24(16-20)28-26(4,5)17-25(22,2)3;1-17-8-9-18(15-20(17)22-7-5-6-14-26(22)4)19-10-11-21-23(16-19)27-24(2,3)25(21)12-13-25;;;;/h6,9-14,17-19H,5,7-8,15-16H2,1-4H3;5,8-13,16-18H,6-7,14-15H2,1-4H3;7-16H,17H2,1-6H3;5-11,14-16H,12-13H2,1-4H3;4*1H4/q4*+1;;;;. The summed E-state index contributed by atoms with van der Waals surface area (Å²) < 4.78 is 34.6. The number of pyridine rings is 4. The van der Waals surface area contributed by atoms with Crippen molar-refractivity contribution in [1.82, 2.24) is 0 Å². The van der Waals surface area contributed by atoms with Crippen molar-refractivity contribution in [3.8, 4) is 113 Å². The normalized spacial score (nSPS) is 17.5. The van der Waals surface area contributed by atoms with Crippen molar-refractivity contribution >= 4 is 0 Å². The lowest BCUT2D eigenvalue weighted by molar-refractivity contribution is -0.660. The van der Waals surface area contributed by atoms with E-state index in [-0.39, 0.29) is 73.8 Å². The topological polar surface area (TPSA) is 52.4 Å². The highest BCUT2D eigenvalue weighted by Crippen LogP contribution is 2.64. The number of fused-ring (bicyclic) bond motifs is 7. The summed E-state index contributed by atoms with van der Waals surface area (Å²) in [5.41, 5.74) is 30.8. The zero-order chi connectivity index (χ0) is 80.1. The minimum absolute atomic E-state index is 0. The first-order chi connectivity index (χ1) is 54.4. The molecule has 3 fully saturated rings. The van der Waals surface area contributed by atoms with Crippen LogP contribution >= 0.6 is 0 Å². The van der Waals surface area contributed by atoms with Crippen LogP contribution in [0, 0.1) is 27.7 Å². The van der Waals surface area contributed by atoms with Crippen molar-refractivity contribution in [2.75, 3.05) is 0 Å². The summed E-state index contributed by atoms with van der Waals surface area (Å²) in [5.74, 6) is 4.27. The van der Waals surface area contributed by atoms with Crippen molar-refractivity contribution < 1.29 is 37.2 Å². The van der Waals surface area contributed by atoms with Crippen LogP contribution in [0.1, 0.15) is 221 Å². The first-order valence-electron chi connectivity index (χ1n) is 42.0. The van der Waals surface area contributed by atoms with Gasteiger partial charge in [-0.25, -0.2) is 18.3 Å². The van der Waals surface area contributed by atoms with Gasteiger partial charge >= 0.3 is 0 Å². The van der Waals surface area contributed by atoms with Gasteiger partial charge in [0.05, 0.1) is 0 Å². The summed E-state index contributed by atoms with van der Waals surface area (Å²) in [7, 11) is 8.41. The molecule has 0 atom stereocenters. The predicted molar refractivity (Wildman–Crippen MR) is 492 cm³/mol. The molecule has 3 aliphatic carbocycles. The Hall–Kier alpha value is -10.4. The van der Waals surface area contributed by atoms with Crippen LogP contribution in [0.3, 0.4) is 0 Å². The fraction of sp³-hybridized carbons (Fsp3) is 0.382. The van der Waals surface area contributed by atoms with Gasteiger partial charge in [-0.2, -0.15) is 0 Å². The average molecular weight is 1580 g/mol. The molecule has 8 nitrogen and oxygen atoms in total. The fourth-order valence-electron chi connectivity index (χ4n) is 20.9. The smallest absolute Gasteiger partial charge is 0.212 e. The number of hydrogen-bond acceptors (Lipinski definition) is 4. The van der Waals surface area contributed by atoms with E-state index in [4.69, 9.17) is 18.9 Å². The van der Waals surface area contributed by atoms with E-state index in [1.165, 1.54) is 205 Å². The Labute approximate surface area is 709 Å². The lowest BCUT2D eigenvalue weighted by atomic mass is 9.62. The van der Waals surface area contributed by atoms with Gasteiger partial charge in [0, 0.05) is 104 Å². The van der Waals surface area contributed by atoms with Crippen LogP contribution in [-0.4, -0.2) is 22.4 Å². The molecule has 8 heteroatoms. The molecule has 8 heterocycles. The summed E-state index contributed by atoms with van der Waals surface area (Å²) in [6.07, 6.45) is 23.5. The van der Waals surface area contributed by atoms with E-state index in [0.29, 0.717) is 0 Å². The van der Waals surface area contributed by atoms with E-state index in [9.17, 15) is 0 Å². The summed E-state index contributed by atoms with van der Waals surface area (Å²) in [5, 5.41) is 0. The second kappa shape index (κ2) is 33.0. The third kappa shape index (κ3) is 15.8. The highest BCUT2D eigenvalue weighted by atomic mass is 16.5. The number of rotatable bonds is 8. The molecule has 614 valence electrons. The molecule has 118 heavy (non-hydrogen) atoms. The van der Waals surface area contributed by atoms with Gasteiger partial charge in [0.25, 0.3) is 0 Å². The summed E-state index contributed by atoms with van der Waals surface area (Å²) in [6, 6.07) is 79.8. The first kappa shape index (κ1) is 86.9. The minimum atomic E-state index is -0.147. The minimum Gasteiger partial charge on any atom is -0.488 e. The Bertz CT molecular complexity index is 5700. The van der Waals surface area contributed by atoms with Gasteiger partial charge in [-0.15, -0.1) is 0 Å². The average Bonchev–Trinajstić information content (AvgIpc) is 1.53. The summed E-state index contributed by atoms with van der Waals surface area (Å²) in [6.45, 7) is 31.3. The van der Waals surface area contributed by atoms with Crippen molar-refractivity contribution in [3.05, 3.63) is 288 Å². The molecule has 8 aromatic carbocycles. The molecule has 19 rings (SSSR count). The predicted octanol–water partition coefficient (Wildman–Crippen LogP) is 26.6. The Morgan fingerprint density at radius 3 is 0.763 bits per heavy atom. The van der Waals surface area contributed by atoms with Gasteiger partial charge in [0.15, 0.2) is 24.8 Å². The zero-order valence-electron chi connectivity index (χ0n) is 71.0. The molecule has 0 amide bonds. The van der Waals surface area contributed by atoms with E-state index >= 15 is 0 Å². The Morgan fingerprint density at radius 2 is 0.492 bits per heavy atom. The number of nitrogens with zero attached hydrogens (tertiary/aromatic N) is 4. The molecule has 4 aromatic heterocycles. The van der Waals surface area contributed by atoms with Gasteiger partial charge in [-0.1, -0.05) is 173 Å². The van der Waals surface area contributed by atoms with Gasteiger partial charge in [0.2, 0.25) is 22.8 Å². The van der Waals surface area contributed by atoms with Gasteiger partial charge in [0.1, 0.15) is 73.6 Å². The maximum Gasteiger partial charge on any atom is 0.212 e. The van der Waals surface area contributed by atoms with Crippen LogP contribution in [0.2, 0.25) is 0 Å². The van der Waals surface area contributed by atoms with Crippen molar-refractivity contribution in [2.24, 2.45) is 28.2 Å². The molecular formula is C110H134N4O4+4. The van der Waals surface area contributed by atoms with E-state index in [1.807, 2.05) is 0 Å². The van der Waals surface area contributed by atoms with E-state index < -0.39 is 0 Å². The van der Waals surface area contributed by atoms with Crippen LogP contribution in [0.4, 0.5) is 0 Å². The van der Waals surface area contributed by atoms with Gasteiger partial charge in [-0.3, -0.25) is 0 Å². The number of aromatic nitrogens is 4. The highest BCUT2D eigenvalue weighted by Gasteiger charge is 2.63. The van der Waals surface area contributed by atoms with E-state index in [1.54, 1.807) is 0 Å². The molecule has 3 saturated carbocycles. The second-order valence-electron chi connectivity index (χ2n) is 37.0. The molecule has 0 bridgehead atoms. The number of benzene rings is 8. The van der Waals surface area contributed by atoms with E-state index in [2.05, 4.69) is 387 Å². The second-order valence-corrected chi connectivity index (χ2v) is 37.0. The summed E-state index contributed by atoms with van der Waals surface area (Å²) in [4.78, 5) is 0. The lowest BCUT2D eigenvalue weighted by Crippen LogP contribution is -2.47.